The van der Waals surface area contributed by atoms with Crippen LogP contribution < -0.4 is 0 Å². The van der Waals surface area contributed by atoms with Gasteiger partial charge in [0.1, 0.15) is 13.2 Å². The Morgan fingerprint density at radius 3 is 0.775 bits per heavy atom. The third kappa shape index (κ3) is 65.1. The number of ether oxygens (including phenoxy) is 3. The first kappa shape index (κ1) is 76.3. The molecule has 0 fully saturated rings. The molecule has 0 radical (unpaired) electrons. The Balaban J connectivity index is 4.37. The average molecular weight is 1110 g/mol. The maximum Gasteiger partial charge on any atom is 0.306 e. The quantitative estimate of drug-likeness (QED) is 0.0261. The Morgan fingerprint density at radius 1 is 0.263 bits per heavy atom. The zero-order chi connectivity index (χ0) is 57.8. The first-order chi connectivity index (χ1) is 39.5. The summed E-state index contributed by atoms with van der Waals surface area (Å²) in [6, 6.07) is 0. The van der Waals surface area contributed by atoms with Crippen molar-refractivity contribution in [2.24, 2.45) is 0 Å². The van der Waals surface area contributed by atoms with E-state index in [2.05, 4.69) is 118 Å². The fourth-order valence-electron chi connectivity index (χ4n) is 9.71. The van der Waals surface area contributed by atoms with E-state index in [1.807, 2.05) is 0 Å². The second-order valence-electron chi connectivity index (χ2n) is 22.7. The van der Waals surface area contributed by atoms with Crippen LogP contribution in [0.2, 0.25) is 0 Å². The number of allylic oxidation sites excluding steroid dienone is 16. The molecule has 0 heterocycles. The molecule has 6 nitrogen and oxygen atoms in total. The van der Waals surface area contributed by atoms with Gasteiger partial charge in [-0.15, -0.1) is 0 Å². The smallest absolute Gasteiger partial charge is 0.306 e. The molecular formula is C74H128O6. The molecule has 0 rings (SSSR count). The molecule has 0 saturated carbocycles. The highest BCUT2D eigenvalue weighted by Crippen LogP contribution is 2.17. The van der Waals surface area contributed by atoms with E-state index in [1.165, 1.54) is 173 Å². The molecule has 0 aromatic heterocycles. The zero-order valence-corrected chi connectivity index (χ0v) is 52.8. The fourth-order valence-corrected chi connectivity index (χ4v) is 9.71. The Bertz CT molecular complexity index is 1560. The molecule has 0 amide bonds. The standard InChI is InChI=1S/C74H128O6/c1-4-7-10-13-16-19-22-25-28-30-32-34-35-36-37-38-39-41-42-44-46-49-52-55-58-61-64-67-73(76)79-70-71(69-78-72(75)66-63-60-57-54-51-48-27-24-21-18-15-12-9-6-3)80-74(77)68-65-62-59-56-53-50-47-45-43-40-33-31-29-26-23-20-17-14-11-8-5-2/h7,10,16,19,25,28,31-34,36-37,39,41,44,46,71H,4-6,8-9,11-15,17-18,20-24,26-27,29-30,35,38,40,42-43,45,47-70H2,1-3H3/b10-7-,19-16-,28-25-,33-31-,34-32-,37-36-,41-39-,46-44-. The molecule has 0 saturated heterocycles. The van der Waals surface area contributed by atoms with Crippen LogP contribution in [-0.4, -0.2) is 37.2 Å². The minimum absolute atomic E-state index is 0.0815. The number of esters is 3. The van der Waals surface area contributed by atoms with Gasteiger partial charge in [0.25, 0.3) is 0 Å². The van der Waals surface area contributed by atoms with E-state index in [9.17, 15) is 14.4 Å². The average Bonchev–Trinajstić information content (AvgIpc) is 3.46. The van der Waals surface area contributed by atoms with E-state index >= 15 is 0 Å². The summed E-state index contributed by atoms with van der Waals surface area (Å²) >= 11 is 0. The molecule has 80 heavy (non-hydrogen) atoms. The van der Waals surface area contributed by atoms with Gasteiger partial charge >= 0.3 is 17.9 Å². The second kappa shape index (κ2) is 67.8. The zero-order valence-electron chi connectivity index (χ0n) is 52.8. The molecule has 0 aliphatic heterocycles. The fraction of sp³-hybridized carbons (Fsp3) is 0.743. The molecule has 0 spiro atoms. The summed E-state index contributed by atoms with van der Waals surface area (Å²) < 4.78 is 17.0. The van der Waals surface area contributed by atoms with Gasteiger partial charge in [0.15, 0.2) is 6.10 Å². The number of hydrogen-bond donors (Lipinski definition) is 0. The molecule has 1 unspecified atom stereocenters. The van der Waals surface area contributed by atoms with Crippen molar-refractivity contribution >= 4 is 17.9 Å². The molecular weight excluding hydrogens is 985 g/mol. The van der Waals surface area contributed by atoms with E-state index in [0.29, 0.717) is 19.3 Å². The molecule has 0 aromatic rings. The van der Waals surface area contributed by atoms with Crippen LogP contribution in [0.25, 0.3) is 0 Å². The third-order valence-electron chi connectivity index (χ3n) is 14.8. The van der Waals surface area contributed by atoms with Gasteiger partial charge in [-0.1, -0.05) is 311 Å². The van der Waals surface area contributed by atoms with E-state index in [4.69, 9.17) is 14.2 Å². The summed E-state index contributed by atoms with van der Waals surface area (Å²) in [5.41, 5.74) is 0. The number of rotatable bonds is 62. The molecule has 0 bridgehead atoms. The molecule has 0 aliphatic carbocycles. The van der Waals surface area contributed by atoms with Gasteiger partial charge < -0.3 is 14.2 Å². The van der Waals surface area contributed by atoms with Crippen molar-refractivity contribution in [2.45, 2.75) is 341 Å². The van der Waals surface area contributed by atoms with Crippen molar-refractivity contribution in [3.8, 4) is 0 Å². The van der Waals surface area contributed by atoms with Crippen LogP contribution in [0.5, 0.6) is 0 Å². The van der Waals surface area contributed by atoms with Gasteiger partial charge in [0.2, 0.25) is 0 Å². The van der Waals surface area contributed by atoms with Crippen LogP contribution in [0.4, 0.5) is 0 Å². The van der Waals surface area contributed by atoms with Crippen molar-refractivity contribution in [1.82, 2.24) is 0 Å². The summed E-state index contributed by atoms with van der Waals surface area (Å²) in [6.07, 6.45) is 91.3. The lowest BCUT2D eigenvalue weighted by Crippen LogP contribution is -2.30. The van der Waals surface area contributed by atoms with Gasteiger partial charge in [-0.2, -0.15) is 0 Å². The highest BCUT2D eigenvalue weighted by molar-refractivity contribution is 5.71. The van der Waals surface area contributed by atoms with Crippen molar-refractivity contribution in [3.05, 3.63) is 97.2 Å². The second-order valence-corrected chi connectivity index (χ2v) is 22.7. The van der Waals surface area contributed by atoms with Crippen LogP contribution in [0.15, 0.2) is 97.2 Å². The van der Waals surface area contributed by atoms with Crippen LogP contribution in [-0.2, 0) is 28.6 Å². The SMILES string of the molecule is CC/C=C\C/C=C\C/C=C\C/C=C\C/C=C\C/C=C\C/C=C\CCCCCCCC(=O)OCC(COC(=O)CCCCCCCCCCCCCCCC)OC(=O)CCCCCCCCCCC/C=C\CCCCCCCCCC. The van der Waals surface area contributed by atoms with Gasteiger partial charge in [-0.05, 0) is 103 Å². The first-order valence-electron chi connectivity index (χ1n) is 34.2. The van der Waals surface area contributed by atoms with E-state index in [1.54, 1.807) is 0 Å². The van der Waals surface area contributed by atoms with E-state index in [-0.39, 0.29) is 31.1 Å². The lowest BCUT2D eigenvalue weighted by atomic mass is 10.0. The molecule has 6 heteroatoms. The van der Waals surface area contributed by atoms with Crippen LogP contribution in [0.3, 0.4) is 0 Å². The Kier molecular flexibility index (Phi) is 64.7. The van der Waals surface area contributed by atoms with Crippen molar-refractivity contribution in [1.29, 1.82) is 0 Å². The van der Waals surface area contributed by atoms with E-state index < -0.39 is 6.10 Å². The van der Waals surface area contributed by atoms with Crippen molar-refractivity contribution < 1.29 is 28.6 Å². The van der Waals surface area contributed by atoms with Crippen LogP contribution in [0.1, 0.15) is 335 Å². The molecule has 0 aliphatic rings. The minimum atomic E-state index is -0.787. The monoisotopic (exact) mass is 1110 g/mol. The summed E-state index contributed by atoms with van der Waals surface area (Å²) in [5, 5.41) is 0. The minimum Gasteiger partial charge on any atom is -0.462 e. The Labute approximate surface area is 496 Å². The predicted molar refractivity (Wildman–Crippen MR) is 348 cm³/mol. The number of unbranched alkanes of at least 4 members (excludes halogenated alkanes) is 35. The highest BCUT2D eigenvalue weighted by atomic mass is 16.6. The normalized spacial score (nSPS) is 12.7. The number of carbonyl (C=O) groups is 3. The van der Waals surface area contributed by atoms with Gasteiger partial charge in [0, 0.05) is 19.3 Å². The largest absolute Gasteiger partial charge is 0.462 e. The maximum absolute atomic E-state index is 12.9. The van der Waals surface area contributed by atoms with E-state index in [0.717, 1.165) is 122 Å². The Hall–Kier alpha value is -3.67. The number of carbonyl (C=O) groups excluding carboxylic acids is 3. The lowest BCUT2D eigenvalue weighted by molar-refractivity contribution is -0.167. The van der Waals surface area contributed by atoms with Crippen molar-refractivity contribution in [2.75, 3.05) is 13.2 Å². The first-order valence-corrected chi connectivity index (χ1v) is 34.2. The summed E-state index contributed by atoms with van der Waals surface area (Å²) in [7, 11) is 0. The van der Waals surface area contributed by atoms with Gasteiger partial charge in [0.05, 0.1) is 0 Å². The van der Waals surface area contributed by atoms with Crippen LogP contribution in [0, 0.1) is 0 Å². The number of hydrogen-bond acceptors (Lipinski definition) is 6. The third-order valence-corrected chi connectivity index (χ3v) is 14.8. The van der Waals surface area contributed by atoms with Crippen LogP contribution >= 0.6 is 0 Å². The van der Waals surface area contributed by atoms with Gasteiger partial charge in [-0.25, -0.2) is 0 Å². The molecule has 0 aromatic carbocycles. The summed E-state index contributed by atoms with van der Waals surface area (Å²) in [5.74, 6) is -0.888. The Morgan fingerprint density at radius 2 is 0.487 bits per heavy atom. The van der Waals surface area contributed by atoms with Gasteiger partial charge in [-0.3, -0.25) is 14.4 Å². The summed E-state index contributed by atoms with van der Waals surface area (Å²) in [6.45, 7) is 6.55. The molecule has 0 N–H and O–H groups in total. The highest BCUT2D eigenvalue weighted by Gasteiger charge is 2.19. The predicted octanol–water partition coefficient (Wildman–Crippen LogP) is 23.6. The molecule has 460 valence electrons. The molecule has 1 atom stereocenters. The van der Waals surface area contributed by atoms with Crippen molar-refractivity contribution in [3.63, 3.8) is 0 Å². The topological polar surface area (TPSA) is 78.9 Å². The summed E-state index contributed by atoms with van der Waals surface area (Å²) in [4.78, 5) is 38.4. The lowest BCUT2D eigenvalue weighted by Gasteiger charge is -2.18. The maximum atomic E-state index is 12.9.